The average Bonchev–Trinajstić information content (AvgIpc) is 3.29. The van der Waals surface area contributed by atoms with Gasteiger partial charge in [-0.1, -0.05) is 6.92 Å². The van der Waals surface area contributed by atoms with Gasteiger partial charge >= 0.3 is 6.03 Å². The largest absolute Gasteiger partial charge is 0.332 e. The zero-order valence-electron chi connectivity index (χ0n) is 14.2. The highest BCUT2D eigenvalue weighted by Crippen LogP contribution is 2.33. The lowest BCUT2D eigenvalue weighted by atomic mass is 9.93. The lowest BCUT2D eigenvalue weighted by molar-refractivity contribution is 0.137. The third-order valence-electron chi connectivity index (χ3n) is 5.47. The van der Waals surface area contributed by atoms with Gasteiger partial charge in [0.2, 0.25) is 0 Å². The van der Waals surface area contributed by atoms with Crippen molar-refractivity contribution in [1.82, 2.24) is 29.3 Å². The maximum atomic E-state index is 12.8. The zero-order valence-corrected chi connectivity index (χ0v) is 14.2. The molecule has 2 amide bonds. The number of fused-ring (bicyclic) bond motifs is 1. The predicted octanol–water partition coefficient (Wildman–Crippen LogP) is 2.38. The van der Waals surface area contributed by atoms with Crippen LogP contribution in [0.2, 0.25) is 0 Å². The molecule has 2 aliphatic rings. The molecule has 2 aliphatic heterocycles. The number of carbonyl (C=O) groups is 1. The zero-order chi connectivity index (χ0) is 16.7. The van der Waals surface area contributed by atoms with Gasteiger partial charge in [-0.25, -0.2) is 14.8 Å². The number of hydrogen-bond donors (Lipinski definition) is 1. The van der Waals surface area contributed by atoms with Crippen LogP contribution < -0.4 is 5.32 Å². The summed E-state index contributed by atoms with van der Waals surface area (Å²) in [6, 6.07) is 0.693. The van der Waals surface area contributed by atoms with Gasteiger partial charge in [0.15, 0.2) is 0 Å². The molecule has 4 unspecified atom stereocenters. The van der Waals surface area contributed by atoms with Crippen LogP contribution >= 0.6 is 0 Å². The van der Waals surface area contributed by atoms with Crippen molar-refractivity contribution in [3.8, 4) is 0 Å². The topological polar surface area (TPSA) is 68.0 Å². The fraction of sp³-hybridized carbons (Fsp3) is 0.588. The van der Waals surface area contributed by atoms with E-state index in [-0.39, 0.29) is 18.1 Å². The fourth-order valence-corrected chi connectivity index (χ4v) is 3.98. The lowest BCUT2D eigenvalue weighted by Crippen LogP contribution is -2.48. The Labute approximate surface area is 141 Å². The van der Waals surface area contributed by atoms with Crippen LogP contribution in [0.5, 0.6) is 0 Å². The Morgan fingerprint density at radius 3 is 2.96 bits per heavy atom. The van der Waals surface area contributed by atoms with Crippen LogP contribution in [-0.4, -0.2) is 43.1 Å². The molecule has 7 heteroatoms. The monoisotopic (exact) mass is 328 g/mol. The quantitative estimate of drug-likeness (QED) is 0.920. The molecule has 0 radical (unpaired) electrons. The smallest absolute Gasteiger partial charge is 0.318 e. The van der Waals surface area contributed by atoms with Crippen molar-refractivity contribution in [2.75, 3.05) is 13.1 Å². The van der Waals surface area contributed by atoms with Gasteiger partial charge in [0.05, 0.1) is 18.4 Å². The summed E-state index contributed by atoms with van der Waals surface area (Å²) < 4.78 is 4.27. The van der Waals surface area contributed by atoms with Crippen molar-refractivity contribution in [2.45, 2.75) is 44.8 Å². The number of aromatic nitrogens is 4. The first-order chi connectivity index (χ1) is 11.6. The van der Waals surface area contributed by atoms with Gasteiger partial charge in [0, 0.05) is 43.9 Å². The van der Waals surface area contributed by atoms with Crippen molar-refractivity contribution >= 4 is 6.03 Å². The summed E-state index contributed by atoms with van der Waals surface area (Å²) in [6.07, 6.45) is 11.3. The molecule has 4 heterocycles. The second kappa shape index (κ2) is 5.96. The number of rotatable bonds is 2. The summed E-state index contributed by atoms with van der Waals surface area (Å²) >= 11 is 0. The van der Waals surface area contributed by atoms with E-state index in [9.17, 15) is 4.79 Å². The Bertz CT molecular complexity index is 708. The third-order valence-corrected chi connectivity index (χ3v) is 5.47. The molecule has 7 nitrogen and oxygen atoms in total. The second-order valence-corrected chi connectivity index (χ2v) is 7.07. The van der Waals surface area contributed by atoms with E-state index >= 15 is 0 Å². The van der Waals surface area contributed by atoms with Gasteiger partial charge in [-0.3, -0.25) is 0 Å². The number of likely N-dealkylation sites (tertiary alicyclic amines) is 1. The highest BCUT2D eigenvalue weighted by Gasteiger charge is 2.34. The Morgan fingerprint density at radius 1 is 1.29 bits per heavy atom. The van der Waals surface area contributed by atoms with Gasteiger partial charge in [-0.05, 0) is 25.7 Å². The molecule has 1 N–H and O–H groups in total. The van der Waals surface area contributed by atoms with Crippen LogP contribution in [0, 0.1) is 5.92 Å². The summed E-state index contributed by atoms with van der Waals surface area (Å²) in [5.74, 6) is 1.50. The Hall–Kier alpha value is -2.31. The molecule has 4 atom stereocenters. The van der Waals surface area contributed by atoms with E-state index in [1.54, 1.807) is 6.20 Å². The Morgan fingerprint density at radius 2 is 2.17 bits per heavy atom. The summed E-state index contributed by atoms with van der Waals surface area (Å²) in [7, 11) is 0. The van der Waals surface area contributed by atoms with Crippen LogP contribution in [0.25, 0.3) is 0 Å². The predicted molar refractivity (Wildman–Crippen MR) is 89.4 cm³/mol. The third kappa shape index (κ3) is 2.57. The minimum atomic E-state index is 0.00791. The summed E-state index contributed by atoms with van der Waals surface area (Å²) in [5.41, 5.74) is 0. The molecule has 4 rings (SSSR count). The van der Waals surface area contributed by atoms with Crippen molar-refractivity contribution < 1.29 is 4.79 Å². The highest BCUT2D eigenvalue weighted by atomic mass is 16.2. The van der Waals surface area contributed by atoms with Crippen LogP contribution in [0.3, 0.4) is 0 Å². The highest BCUT2D eigenvalue weighted by molar-refractivity contribution is 5.74. The van der Waals surface area contributed by atoms with Crippen LogP contribution in [0.15, 0.2) is 31.1 Å². The van der Waals surface area contributed by atoms with Crippen molar-refractivity contribution in [3.63, 3.8) is 0 Å². The molecule has 0 bridgehead atoms. The van der Waals surface area contributed by atoms with E-state index in [2.05, 4.69) is 38.3 Å². The Balaban J connectivity index is 1.44. The molecule has 24 heavy (non-hydrogen) atoms. The first-order valence-corrected chi connectivity index (χ1v) is 8.69. The molecule has 2 aromatic heterocycles. The van der Waals surface area contributed by atoms with Gasteiger partial charge in [0.1, 0.15) is 5.82 Å². The molecule has 1 saturated heterocycles. The van der Waals surface area contributed by atoms with Gasteiger partial charge in [-0.2, -0.15) is 0 Å². The number of carbonyl (C=O) groups excluding carboxylic acids is 1. The number of urea groups is 1. The van der Waals surface area contributed by atoms with Gasteiger partial charge < -0.3 is 19.4 Å². The van der Waals surface area contributed by atoms with Crippen LogP contribution in [0.4, 0.5) is 4.79 Å². The van der Waals surface area contributed by atoms with Gasteiger partial charge in [0.25, 0.3) is 0 Å². The van der Waals surface area contributed by atoms with E-state index < -0.39 is 0 Å². The van der Waals surface area contributed by atoms with E-state index in [4.69, 9.17) is 0 Å². The SMILES string of the molecule is CC1CCN(C(=O)NC2CC(C)n3ccnc32)CC1n1ccnc1. The molecular formula is C17H24N6O. The summed E-state index contributed by atoms with van der Waals surface area (Å²) in [6.45, 7) is 5.93. The summed E-state index contributed by atoms with van der Waals surface area (Å²) in [5, 5.41) is 3.18. The van der Waals surface area contributed by atoms with E-state index in [0.29, 0.717) is 12.0 Å². The maximum Gasteiger partial charge on any atom is 0.318 e. The van der Waals surface area contributed by atoms with Crippen molar-refractivity contribution in [2.24, 2.45) is 5.92 Å². The Kier molecular flexibility index (Phi) is 3.78. The van der Waals surface area contributed by atoms with E-state index in [0.717, 1.165) is 31.8 Å². The maximum absolute atomic E-state index is 12.8. The second-order valence-electron chi connectivity index (χ2n) is 7.07. The first-order valence-electron chi connectivity index (χ1n) is 8.69. The van der Waals surface area contributed by atoms with Crippen LogP contribution in [-0.2, 0) is 0 Å². The van der Waals surface area contributed by atoms with E-state index in [1.165, 1.54) is 0 Å². The number of imidazole rings is 2. The molecule has 2 aromatic rings. The molecular weight excluding hydrogens is 304 g/mol. The minimum Gasteiger partial charge on any atom is -0.332 e. The fourth-order valence-electron chi connectivity index (χ4n) is 3.98. The lowest BCUT2D eigenvalue weighted by Gasteiger charge is -2.38. The number of hydrogen-bond acceptors (Lipinski definition) is 3. The minimum absolute atomic E-state index is 0.00791. The van der Waals surface area contributed by atoms with Crippen molar-refractivity contribution in [3.05, 3.63) is 36.9 Å². The molecule has 0 spiro atoms. The molecule has 128 valence electrons. The normalized spacial score (nSPS) is 29.5. The first kappa shape index (κ1) is 15.2. The van der Waals surface area contributed by atoms with E-state index in [1.807, 2.05) is 29.8 Å². The molecule has 0 aromatic carbocycles. The van der Waals surface area contributed by atoms with Crippen LogP contribution in [0.1, 0.15) is 50.6 Å². The van der Waals surface area contributed by atoms with Crippen molar-refractivity contribution in [1.29, 1.82) is 0 Å². The number of amides is 2. The average molecular weight is 328 g/mol. The molecule has 0 saturated carbocycles. The number of piperidine rings is 1. The van der Waals surface area contributed by atoms with Gasteiger partial charge in [-0.15, -0.1) is 0 Å². The number of nitrogens with one attached hydrogen (secondary N) is 1. The molecule has 0 aliphatic carbocycles. The number of nitrogens with zero attached hydrogens (tertiary/aromatic N) is 5. The molecule has 1 fully saturated rings. The summed E-state index contributed by atoms with van der Waals surface area (Å²) in [4.78, 5) is 23.3. The standard InChI is InChI=1S/C17H24N6O/c1-12-3-6-21(10-15(12)22-7-4-18-11-22)17(24)20-14-9-13(2)23-8-5-19-16(14)23/h4-5,7-8,11-15H,3,6,9-10H2,1-2H3,(H,20,24).